The van der Waals surface area contributed by atoms with Gasteiger partial charge in [-0.2, -0.15) is 0 Å². The molecule has 1 unspecified atom stereocenters. The Kier molecular flexibility index (Phi) is 8.44. The lowest BCUT2D eigenvalue weighted by Gasteiger charge is -2.34. The van der Waals surface area contributed by atoms with E-state index in [-0.39, 0.29) is 12.5 Å². The Hall–Kier alpha value is -2.87. The van der Waals surface area contributed by atoms with Crippen molar-refractivity contribution in [1.29, 1.82) is 0 Å². The number of anilines is 1. The third kappa shape index (κ3) is 7.37. The molecule has 0 saturated carbocycles. The Balaban J connectivity index is 2.40. The van der Waals surface area contributed by atoms with Crippen molar-refractivity contribution in [3.63, 3.8) is 0 Å². The van der Waals surface area contributed by atoms with Crippen LogP contribution in [0.5, 0.6) is 0 Å². The molecule has 0 aliphatic rings. The van der Waals surface area contributed by atoms with Crippen LogP contribution in [0.15, 0.2) is 60.7 Å². The molecule has 32 heavy (non-hydrogen) atoms. The number of hydrogen-bond acceptors (Lipinski definition) is 4. The van der Waals surface area contributed by atoms with Gasteiger partial charge in [0.2, 0.25) is 21.8 Å². The highest BCUT2D eigenvalue weighted by atomic mass is 32.2. The fourth-order valence-corrected chi connectivity index (χ4v) is 4.21. The van der Waals surface area contributed by atoms with E-state index in [0.29, 0.717) is 12.1 Å². The molecule has 0 aromatic heterocycles. The normalized spacial score (nSPS) is 12.7. The van der Waals surface area contributed by atoms with E-state index in [1.807, 2.05) is 58.0 Å². The second kappa shape index (κ2) is 10.6. The maximum Gasteiger partial charge on any atom is 0.244 e. The van der Waals surface area contributed by atoms with E-state index < -0.39 is 34.1 Å². The fraction of sp³-hybridized carbons (Fsp3) is 0.417. The molecule has 2 amide bonds. The first-order valence-electron chi connectivity index (χ1n) is 10.6. The lowest BCUT2D eigenvalue weighted by Crippen LogP contribution is -2.55. The minimum absolute atomic E-state index is 0.197. The first-order chi connectivity index (χ1) is 14.9. The van der Waals surface area contributed by atoms with Crippen LogP contribution in [0.3, 0.4) is 0 Å². The van der Waals surface area contributed by atoms with Crippen molar-refractivity contribution in [3.05, 3.63) is 66.2 Å². The molecular weight excluding hydrogens is 426 g/mol. The van der Waals surface area contributed by atoms with Gasteiger partial charge in [-0.25, -0.2) is 8.42 Å². The molecule has 0 bridgehead atoms. The summed E-state index contributed by atoms with van der Waals surface area (Å²) in [4.78, 5) is 28.0. The first-order valence-corrected chi connectivity index (χ1v) is 12.5. The van der Waals surface area contributed by atoms with Crippen molar-refractivity contribution in [1.82, 2.24) is 10.2 Å². The van der Waals surface area contributed by atoms with Gasteiger partial charge in [0, 0.05) is 12.1 Å². The van der Waals surface area contributed by atoms with E-state index in [0.717, 1.165) is 16.1 Å². The highest BCUT2D eigenvalue weighted by Crippen LogP contribution is 2.19. The maximum absolute atomic E-state index is 13.5. The number of amides is 2. The number of hydrogen-bond donors (Lipinski definition) is 1. The molecule has 7 nitrogen and oxygen atoms in total. The molecule has 0 aliphatic heterocycles. The molecule has 2 aromatic carbocycles. The second-order valence-electron chi connectivity index (χ2n) is 8.78. The van der Waals surface area contributed by atoms with Gasteiger partial charge in [-0.15, -0.1) is 0 Å². The van der Waals surface area contributed by atoms with Crippen LogP contribution >= 0.6 is 0 Å². The summed E-state index contributed by atoms with van der Waals surface area (Å²) in [5.41, 5.74) is 0.790. The molecule has 174 valence electrons. The molecule has 0 spiro atoms. The maximum atomic E-state index is 13.5. The van der Waals surface area contributed by atoms with Crippen LogP contribution in [0.25, 0.3) is 0 Å². The Morgan fingerprint density at radius 1 is 0.969 bits per heavy atom. The molecule has 0 heterocycles. The van der Waals surface area contributed by atoms with Gasteiger partial charge in [0.1, 0.15) is 12.6 Å². The summed E-state index contributed by atoms with van der Waals surface area (Å²) in [7, 11) is -3.72. The fourth-order valence-electron chi connectivity index (χ4n) is 3.36. The number of para-hydroxylation sites is 1. The predicted molar refractivity (Wildman–Crippen MR) is 128 cm³/mol. The quantitative estimate of drug-likeness (QED) is 0.624. The van der Waals surface area contributed by atoms with E-state index in [2.05, 4.69) is 5.32 Å². The second-order valence-corrected chi connectivity index (χ2v) is 10.7. The van der Waals surface area contributed by atoms with E-state index in [9.17, 15) is 18.0 Å². The summed E-state index contributed by atoms with van der Waals surface area (Å²) in [6.07, 6.45) is 1.46. The van der Waals surface area contributed by atoms with Crippen LogP contribution < -0.4 is 9.62 Å². The number of nitrogens with zero attached hydrogens (tertiary/aromatic N) is 2. The Labute approximate surface area is 191 Å². The summed E-state index contributed by atoms with van der Waals surface area (Å²) in [6, 6.07) is 17.1. The molecule has 8 heteroatoms. The van der Waals surface area contributed by atoms with Gasteiger partial charge >= 0.3 is 0 Å². The van der Waals surface area contributed by atoms with E-state index in [4.69, 9.17) is 0 Å². The topological polar surface area (TPSA) is 86.8 Å². The smallest absolute Gasteiger partial charge is 0.244 e. The molecule has 1 N–H and O–H groups in total. The number of carbonyl (C=O) groups excluding carboxylic acids is 2. The highest BCUT2D eigenvalue weighted by Gasteiger charge is 2.32. The van der Waals surface area contributed by atoms with Crippen molar-refractivity contribution in [3.8, 4) is 0 Å². The zero-order chi connectivity index (χ0) is 23.9. The predicted octanol–water partition coefficient (Wildman–Crippen LogP) is 3.17. The highest BCUT2D eigenvalue weighted by molar-refractivity contribution is 7.92. The van der Waals surface area contributed by atoms with Crippen molar-refractivity contribution in [2.24, 2.45) is 0 Å². The molecule has 2 aromatic rings. The monoisotopic (exact) mass is 459 g/mol. The number of carbonyl (C=O) groups is 2. The van der Waals surface area contributed by atoms with Gasteiger partial charge in [0.15, 0.2) is 0 Å². The largest absolute Gasteiger partial charge is 0.350 e. The third-order valence-corrected chi connectivity index (χ3v) is 5.94. The number of rotatable bonds is 9. The Bertz CT molecular complexity index is 1000. The van der Waals surface area contributed by atoms with Crippen LogP contribution in [-0.4, -0.2) is 49.5 Å². The van der Waals surface area contributed by atoms with Crippen molar-refractivity contribution in [2.75, 3.05) is 17.1 Å². The SMILES string of the molecule is CCC(C(=O)NC(C)(C)C)N(Cc1ccccc1)C(=O)CN(c1ccccc1)S(C)(=O)=O. The van der Waals surface area contributed by atoms with Crippen LogP contribution in [-0.2, 0) is 26.2 Å². The average molecular weight is 460 g/mol. The van der Waals surface area contributed by atoms with Gasteiger partial charge in [0.25, 0.3) is 0 Å². The van der Waals surface area contributed by atoms with Crippen molar-refractivity contribution >= 4 is 27.5 Å². The molecule has 1 atom stereocenters. The van der Waals surface area contributed by atoms with Crippen LogP contribution in [0.2, 0.25) is 0 Å². The van der Waals surface area contributed by atoms with E-state index in [1.54, 1.807) is 30.3 Å². The lowest BCUT2D eigenvalue weighted by atomic mass is 10.1. The van der Waals surface area contributed by atoms with Gasteiger partial charge in [-0.1, -0.05) is 55.5 Å². The van der Waals surface area contributed by atoms with Crippen LogP contribution in [0.1, 0.15) is 39.7 Å². The Morgan fingerprint density at radius 3 is 1.97 bits per heavy atom. The molecule has 0 aliphatic carbocycles. The third-order valence-electron chi connectivity index (χ3n) is 4.80. The van der Waals surface area contributed by atoms with Gasteiger partial charge < -0.3 is 10.2 Å². The van der Waals surface area contributed by atoms with Crippen molar-refractivity contribution < 1.29 is 18.0 Å². The molecule has 0 fully saturated rings. The van der Waals surface area contributed by atoms with Crippen LogP contribution in [0.4, 0.5) is 5.69 Å². The average Bonchev–Trinajstić information content (AvgIpc) is 2.71. The lowest BCUT2D eigenvalue weighted by molar-refractivity contribution is -0.141. The molecular formula is C24H33N3O4S. The van der Waals surface area contributed by atoms with E-state index >= 15 is 0 Å². The molecule has 2 rings (SSSR count). The summed E-state index contributed by atoms with van der Waals surface area (Å²) in [5, 5.41) is 2.94. The number of sulfonamides is 1. The molecule has 0 saturated heterocycles. The van der Waals surface area contributed by atoms with Gasteiger partial charge in [0.05, 0.1) is 11.9 Å². The number of nitrogens with one attached hydrogen (secondary N) is 1. The minimum atomic E-state index is -3.72. The zero-order valence-corrected chi connectivity index (χ0v) is 20.2. The van der Waals surface area contributed by atoms with Gasteiger partial charge in [-0.3, -0.25) is 13.9 Å². The van der Waals surface area contributed by atoms with Gasteiger partial charge in [-0.05, 0) is 44.9 Å². The summed E-state index contributed by atoms with van der Waals surface area (Å²) in [6.45, 7) is 7.27. The van der Waals surface area contributed by atoms with Crippen molar-refractivity contribution in [2.45, 2.75) is 52.2 Å². The van der Waals surface area contributed by atoms with Crippen LogP contribution in [0, 0.1) is 0 Å². The summed E-state index contributed by atoms with van der Waals surface area (Å²) < 4.78 is 26.0. The van der Waals surface area contributed by atoms with E-state index in [1.165, 1.54) is 4.90 Å². The molecule has 0 radical (unpaired) electrons. The zero-order valence-electron chi connectivity index (χ0n) is 19.4. The first kappa shape index (κ1) is 25.4. The summed E-state index contributed by atoms with van der Waals surface area (Å²) >= 11 is 0. The summed E-state index contributed by atoms with van der Waals surface area (Å²) in [5.74, 6) is -0.714. The minimum Gasteiger partial charge on any atom is -0.350 e. The number of benzene rings is 2. The standard InChI is InChI=1S/C24H33N3O4S/c1-6-21(23(29)25-24(2,3)4)26(17-19-13-9-7-10-14-19)22(28)18-27(32(5,30)31)20-15-11-8-12-16-20/h7-16,21H,6,17-18H2,1-5H3,(H,25,29). The Morgan fingerprint density at radius 2 is 1.50 bits per heavy atom.